The van der Waals surface area contributed by atoms with Gasteiger partial charge in [-0.1, -0.05) is 25.3 Å². The zero-order valence-corrected chi connectivity index (χ0v) is 10.3. The molecule has 3 nitrogen and oxygen atoms in total. The summed E-state index contributed by atoms with van der Waals surface area (Å²) >= 11 is 0. The molecule has 1 aromatic heterocycles. The zero-order valence-electron chi connectivity index (χ0n) is 10.3. The lowest BCUT2D eigenvalue weighted by atomic mass is 9.85. The van der Waals surface area contributed by atoms with Gasteiger partial charge in [-0.3, -0.25) is 4.68 Å². The number of hydrogen-bond acceptors (Lipinski definition) is 2. The summed E-state index contributed by atoms with van der Waals surface area (Å²) in [5.41, 5.74) is 9.38. The van der Waals surface area contributed by atoms with Crippen molar-refractivity contribution in [3.05, 3.63) is 23.9 Å². The third kappa shape index (κ3) is 1.70. The Hall–Kier alpha value is -1.51. The van der Waals surface area contributed by atoms with Gasteiger partial charge < -0.3 is 5.73 Å². The van der Waals surface area contributed by atoms with E-state index < -0.39 is 0 Å². The molecule has 0 saturated heterocycles. The van der Waals surface area contributed by atoms with E-state index in [1.54, 1.807) is 0 Å². The molecule has 0 unspecified atom stereocenters. The van der Waals surface area contributed by atoms with Crippen LogP contribution in [-0.2, 0) is 7.05 Å². The van der Waals surface area contributed by atoms with Crippen LogP contribution >= 0.6 is 0 Å². The lowest BCUT2D eigenvalue weighted by molar-refractivity contribution is 0.435. The number of anilines is 1. The van der Waals surface area contributed by atoms with Gasteiger partial charge in [-0.05, 0) is 25.0 Å². The molecule has 17 heavy (non-hydrogen) atoms. The summed E-state index contributed by atoms with van der Waals surface area (Å²) in [6.07, 6.45) is 6.56. The Bertz CT molecular complexity index is 536. The minimum absolute atomic E-state index is 0.608. The van der Waals surface area contributed by atoms with E-state index in [1.165, 1.54) is 43.2 Å². The number of nitrogen functional groups attached to an aromatic ring is 1. The minimum Gasteiger partial charge on any atom is -0.398 e. The van der Waals surface area contributed by atoms with Gasteiger partial charge in [-0.2, -0.15) is 5.10 Å². The lowest BCUT2D eigenvalue weighted by Gasteiger charge is -2.20. The van der Waals surface area contributed by atoms with Gasteiger partial charge in [0, 0.05) is 24.0 Å². The molecule has 3 rings (SSSR count). The molecule has 0 amide bonds. The lowest BCUT2D eigenvalue weighted by Crippen LogP contribution is -2.06. The van der Waals surface area contributed by atoms with Crippen LogP contribution in [-0.4, -0.2) is 9.78 Å². The molecular formula is C14H19N3. The van der Waals surface area contributed by atoms with Gasteiger partial charge in [0.1, 0.15) is 0 Å². The molecule has 1 aromatic carbocycles. The highest BCUT2D eigenvalue weighted by Gasteiger charge is 2.22. The van der Waals surface area contributed by atoms with Gasteiger partial charge in [-0.15, -0.1) is 0 Å². The summed E-state index contributed by atoms with van der Waals surface area (Å²) in [5.74, 6) is 0.608. The van der Waals surface area contributed by atoms with E-state index in [4.69, 9.17) is 10.8 Å². The number of rotatable bonds is 1. The van der Waals surface area contributed by atoms with E-state index in [2.05, 4.69) is 6.07 Å². The summed E-state index contributed by atoms with van der Waals surface area (Å²) in [5, 5.41) is 5.89. The Balaban J connectivity index is 2.15. The number of nitrogens with zero attached hydrogens (tertiary/aromatic N) is 2. The van der Waals surface area contributed by atoms with Crippen molar-refractivity contribution in [1.29, 1.82) is 0 Å². The highest BCUT2D eigenvalue weighted by Crippen LogP contribution is 2.37. The third-order valence-electron chi connectivity index (χ3n) is 3.93. The first-order valence-corrected chi connectivity index (χ1v) is 6.48. The van der Waals surface area contributed by atoms with E-state index in [0.717, 1.165) is 11.2 Å². The van der Waals surface area contributed by atoms with Gasteiger partial charge in [0.15, 0.2) is 0 Å². The van der Waals surface area contributed by atoms with Crippen LogP contribution in [0.2, 0.25) is 0 Å². The Morgan fingerprint density at radius 1 is 1.24 bits per heavy atom. The maximum Gasteiger partial charge on any atom is 0.0754 e. The Labute approximate surface area is 102 Å². The molecule has 0 spiro atoms. The normalized spacial score (nSPS) is 17.7. The molecule has 1 heterocycles. The van der Waals surface area contributed by atoms with Gasteiger partial charge in [0.05, 0.1) is 11.2 Å². The van der Waals surface area contributed by atoms with E-state index >= 15 is 0 Å². The van der Waals surface area contributed by atoms with Gasteiger partial charge >= 0.3 is 0 Å². The van der Waals surface area contributed by atoms with Crippen molar-refractivity contribution >= 4 is 16.6 Å². The predicted molar refractivity (Wildman–Crippen MR) is 71.0 cm³/mol. The molecule has 1 aliphatic rings. The van der Waals surface area contributed by atoms with Crippen LogP contribution in [0.3, 0.4) is 0 Å². The van der Waals surface area contributed by atoms with Crippen LogP contribution in [0, 0.1) is 0 Å². The van der Waals surface area contributed by atoms with Gasteiger partial charge in [-0.25, -0.2) is 0 Å². The average molecular weight is 229 g/mol. The van der Waals surface area contributed by atoms with Crippen LogP contribution in [0.4, 0.5) is 5.69 Å². The van der Waals surface area contributed by atoms with E-state index in [0.29, 0.717) is 5.92 Å². The predicted octanol–water partition coefficient (Wildman–Crippen LogP) is 3.20. The van der Waals surface area contributed by atoms with Crippen LogP contribution in [0.25, 0.3) is 10.9 Å². The summed E-state index contributed by atoms with van der Waals surface area (Å²) in [6, 6.07) is 6.09. The standard InChI is InChI=1S/C14H19N3/c1-17-12-9-5-8-11(15)13(12)14(16-17)10-6-3-2-4-7-10/h5,8-10H,2-4,6-7,15H2,1H3. The fourth-order valence-corrected chi connectivity index (χ4v) is 3.03. The fraction of sp³-hybridized carbons (Fsp3) is 0.500. The van der Waals surface area contributed by atoms with E-state index in [9.17, 15) is 0 Å². The number of benzene rings is 1. The second-order valence-corrected chi connectivity index (χ2v) is 5.09. The largest absolute Gasteiger partial charge is 0.398 e. The fourth-order valence-electron chi connectivity index (χ4n) is 3.03. The number of nitrogens with two attached hydrogens (primary N) is 1. The van der Waals surface area contributed by atoms with Crippen LogP contribution < -0.4 is 5.73 Å². The quantitative estimate of drug-likeness (QED) is 0.763. The van der Waals surface area contributed by atoms with E-state index in [1.807, 2.05) is 23.9 Å². The smallest absolute Gasteiger partial charge is 0.0754 e. The highest BCUT2D eigenvalue weighted by molar-refractivity contribution is 5.93. The Morgan fingerprint density at radius 3 is 2.76 bits per heavy atom. The summed E-state index contributed by atoms with van der Waals surface area (Å²) in [6.45, 7) is 0. The topological polar surface area (TPSA) is 43.8 Å². The summed E-state index contributed by atoms with van der Waals surface area (Å²) in [4.78, 5) is 0. The minimum atomic E-state index is 0.608. The van der Waals surface area contributed by atoms with Crippen molar-refractivity contribution < 1.29 is 0 Å². The molecule has 2 aromatic rings. The van der Waals surface area contributed by atoms with Crippen LogP contribution in [0.15, 0.2) is 18.2 Å². The first-order chi connectivity index (χ1) is 8.27. The molecule has 0 radical (unpaired) electrons. The van der Waals surface area contributed by atoms with Crippen LogP contribution in [0.1, 0.15) is 43.7 Å². The second kappa shape index (κ2) is 4.06. The molecule has 0 atom stereocenters. The maximum atomic E-state index is 6.12. The molecule has 0 aliphatic heterocycles. The number of aryl methyl sites for hydroxylation is 1. The molecule has 1 fully saturated rings. The zero-order chi connectivity index (χ0) is 11.8. The summed E-state index contributed by atoms with van der Waals surface area (Å²) < 4.78 is 1.97. The Morgan fingerprint density at radius 2 is 2.00 bits per heavy atom. The Kier molecular flexibility index (Phi) is 2.54. The van der Waals surface area contributed by atoms with Crippen molar-refractivity contribution in [2.45, 2.75) is 38.0 Å². The molecule has 1 saturated carbocycles. The summed E-state index contributed by atoms with van der Waals surface area (Å²) in [7, 11) is 2.01. The van der Waals surface area contributed by atoms with Crippen molar-refractivity contribution in [3.8, 4) is 0 Å². The molecule has 90 valence electrons. The van der Waals surface area contributed by atoms with Crippen molar-refractivity contribution in [1.82, 2.24) is 9.78 Å². The molecular weight excluding hydrogens is 210 g/mol. The highest BCUT2D eigenvalue weighted by atomic mass is 15.3. The first kappa shape index (κ1) is 10.6. The molecule has 1 aliphatic carbocycles. The number of fused-ring (bicyclic) bond motifs is 1. The monoisotopic (exact) mass is 229 g/mol. The molecule has 0 bridgehead atoms. The van der Waals surface area contributed by atoms with Crippen LogP contribution in [0.5, 0.6) is 0 Å². The first-order valence-electron chi connectivity index (χ1n) is 6.48. The number of hydrogen-bond donors (Lipinski definition) is 1. The second-order valence-electron chi connectivity index (χ2n) is 5.09. The van der Waals surface area contributed by atoms with E-state index in [-0.39, 0.29) is 0 Å². The van der Waals surface area contributed by atoms with Crippen molar-refractivity contribution in [2.75, 3.05) is 5.73 Å². The number of aromatic nitrogens is 2. The SMILES string of the molecule is Cn1nc(C2CCCCC2)c2c(N)cccc21. The van der Waals surface area contributed by atoms with Crippen molar-refractivity contribution in [3.63, 3.8) is 0 Å². The molecule has 2 N–H and O–H groups in total. The maximum absolute atomic E-state index is 6.12. The average Bonchev–Trinajstić information content (AvgIpc) is 2.70. The van der Waals surface area contributed by atoms with Gasteiger partial charge in [0.2, 0.25) is 0 Å². The molecule has 3 heteroatoms. The van der Waals surface area contributed by atoms with Gasteiger partial charge in [0.25, 0.3) is 0 Å². The third-order valence-corrected chi connectivity index (χ3v) is 3.93. The van der Waals surface area contributed by atoms with Crippen molar-refractivity contribution in [2.24, 2.45) is 7.05 Å².